The van der Waals surface area contributed by atoms with Gasteiger partial charge in [-0.1, -0.05) is 61.2 Å². The molecule has 0 atom stereocenters. The van der Waals surface area contributed by atoms with E-state index >= 15 is 0 Å². The van der Waals surface area contributed by atoms with Crippen LogP contribution >= 0.6 is 23.1 Å². The smallest absolute Gasteiger partial charge is 0.229 e. The quantitative estimate of drug-likeness (QED) is 0.522. The van der Waals surface area contributed by atoms with E-state index in [9.17, 15) is 4.79 Å². The lowest BCUT2D eigenvalue weighted by molar-refractivity contribution is 0.109. The fourth-order valence-corrected chi connectivity index (χ4v) is 3.71. The molecule has 136 valence electrons. The second kappa shape index (κ2) is 10.1. The van der Waals surface area contributed by atoms with Gasteiger partial charge < -0.3 is 0 Å². The normalized spacial score (nSPS) is 10.1. The molecule has 0 spiro atoms. The number of carbonyl (C=O) groups excluding carboxylic acids is 1. The molecular weight excluding hydrogens is 360 g/mol. The maximum Gasteiger partial charge on any atom is 0.229 e. The molecule has 0 radical (unpaired) electrons. The molecule has 3 rings (SSSR count). The van der Waals surface area contributed by atoms with Gasteiger partial charge in [0.2, 0.25) is 5.12 Å². The number of rotatable bonds is 5. The van der Waals surface area contributed by atoms with Gasteiger partial charge in [0.15, 0.2) is 0 Å². The van der Waals surface area contributed by atoms with Crippen LogP contribution in [0.15, 0.2) is 61.3 Å². The van der Waals surface area contributed by atoms with Crippen LogP contribution in [0.25, 0.3) is 16.1 Å². The Balaban J connectivity index is 0.000000228. The van der Waals surface area contributed by atoms with Gasteiger partial charge in [-0.05, 0) is 43.4 Å². The van der Waals surface area contributed by atoms with Crippen LogP contribution in [0.2, 0.25) is 0 Å². The lowest BCUT2D eigenvalue weighted by Crippen LogP contribution is -1.96. The van der Waals surface area contributed by atoms with Gasteiger partial charge in [-0.3, -0.25) is 9.48 Å². The number of thioether (sulfide) groups is 1. The number of aryl methyl sites for hydroxylation is 1. The van der Waals surface area contributed by atoms with Gasteiger partial charge in [0, 0.05) is 12.7 Å². The average Bonchev–Trinajstić information content (AvgIpc) is 3.32. The van der Waals surface area contributed by atoms with Crippen LogP contribution in [0.3, 0.4) is 0 Å². The van der Waals surface area contributed by atoms with E-state index in [-0.39, 0.29) is 5.12 Å². The zero-order valence-corrected chi connectivity index (χ0v) is 17.1. The molecule has 1 aromatic carbocycles. The molecule has 2 heterocycles. The van der Waals surface area contributed by atoms with Gasteiger partial charge in [0.25, 0.3) is 0 Å². The number of thiophene rings is 1. The average molecular weight is 385 g/mol. The highest BCUT2D eigenvalue weighted by atomic mass is 32.2. The molecule has 0 aliphatic carbocycles. The number of nitrogens with zero attached hydrogens (tertiary/aromatic N) is 2. The van der Waals surface area contributed by atoms with Crippen molar-refractivity contribution in [3.63, 3.8) is 0 Å². The fraction of sp³-hybridized carbons (Fsp3) is 0.238. The van der Waals surface area contributed by atoms with Crippen LogP contribution in [0, 0.1) is 0 Å². The van der Waals surface area contributed by atoms with Gasteiger partial charge in [-0.2, -0.15) is 5.10 Å². The van der Waals surface area contributed by atoms with E-state index in [0.29, 0.717) is 0 Å². The SMILES string of the molecule is C=C(C)c1ccccc1.CCCn1ccc(-c2ccc(C(=O)SC)s2)n1. The van der Waals surface area contributed by atoms with Gasteiger partial charge in [-0.25, -0.2) is 0 Å². The van der Waals surface area contributed by atoms with Crippen molar-refractivity contribution in [2.75, 3.05) is 6.26 Å². The van der Waals surface area contributed by atoms with Crippen LogP contribution in [0.4, 0.5) is 0 Å². The third kappa shape index (κ3) is 5.71. The maximum absolute atomic E-state index is 11.5. The minimum Gasteiger partial charge on any atom is -0.281 e. The Bertz CT molecular complexity index is 850. The van der Waals surface area contributed by atoms with E-state index in [1.165, 1.54) is 28.7 Å². The topological polar surface area (TPSA) is 34.9 Å². The second-order valence-corrected chi connectivity index (χ2v) is 7.63. The Morgan fingerprint density at radius 3 is 2.50 bits per heavy atom. The van der Waals surface area contributed by atoms with E-state index in [4.69, 9.17) is 0 Å². The number of aromatic nitrogens is 2. The summed E-state index contributed by atoms with van der Waals surface area (Å²) in [6, 6.07) is 16.0. The third-order valence-corrected chi connectivity index (χ3v) is 5.43. The van der Waals surface area contributed by atoms with E-state index in [2.05, 4.69) is 30.7 Å². The van der Waals surface area contributed by atoms with E-state index in [1.54, 1.807) is 6.26 Å². The summed E-state index contributed by atoms with van der Waals surface area (Å²) in [7, 11) is 0. The summed E-state index contributed by atoms with van der Waals surface area (Å²) in [5, 5.41) is 4.60. The highest BCUT2D eigenvalue weighted by Crippen LogP contribution is 2.28. The summed E-state index contributed by atoms with van der Waals surface area (Å²) in [5.41, 5.74) is 3.29. The van der Waals surface area contributed by atoms with Crippen molar-refractivity contribution in [2.24, 2.45) is 0 Å². The number of allylic oxidation sites excluding steroid dienone is 1. The first-order valence-electron chi connectivity index (χ1n) is 8.48. The summed E-state index contributed by atoms with van der Waals surface area (Å²) in [5.74, 6) is 0. The molecule has 0 N–H and O–H groups in total. The zero-order valence-electron chi connectivity index (χ0n) is 15.4. The monoisotopic (exact) mass is 384 g/mol. The number of hydrogen-bond acceptors (Lipinski definition) is 4. The van der Waals surface area contributed by atoms with Crippen LogP contribution in [-0.4, -0.2) is 21.2 Å². The first kappa shape index (κ1) is 20.2. The van der Waals surface area contributed by atoms with Crippen molar-refractivity contribution >= 4 is 33.8 Å². The van der Waals surface area contributed by atoms with Crippen LogP contribution < -0.4 is 0 Å². The summed E-state index contributed by atoms with van der Waals surface area (Å²) in [6.45, 7) is 8.89. The Hall–Kier alpha value is -2.11. The van der Waals surface area contributed by atoms with Crippen molar-refractivity contribution in [1.82, 2.24) is 9.78 Å². The summed E-state index contributed by atoms with van der Waals surface area (Å²) in [6.07, 6.45) is 4.86. The molecule has 5 heteroatoms. The number of benzene rings is 1. The molecule has 3 aromatic rings. The molecule has 0 fully saturated rings. The molecule has 0 saturated heterocycles. The molecule has 0 unspecified atom stereocenters. The van der Waals surface area contributed by atoms with Gasteiger partial charge in [0.1, 0.15) is 5.69 Å². The predicted octanol–water partition coefficient (Wildman–Crippen LogP) is 6.24. The van der Waals surface area contributed by atoms with Crippen molar-refractivity contribution in [2.45, 2.75) is 26.8 Å². The predicted molar refractivity (Wildman–Crippen MR) is 115 cm³/mol. The van der Waals surface area contributed by atoms with Crippen molar-refractivity contribution in [3.8, 4) is 10.6 Å². The number of carbonyl (C=O) groups is 1. The Morgan fingerprint density at radius 2 is 1.92 bits per heavy atom. The molecule has 26 heavy (non-hydrogen) atoms. The Labute approximate surface area is 163 Å². The van der Waals surface area contributed by atoms with Crippen LogP contribution in [0.5, 0.6) is 0 Å². The van der Waals surface area contributed by atoms with Gasteiger partial charge in [-0.15, -0.1) is 11.3 Å². The molecule has 0 amide bonds. The first-order valence-corrected chi connectivity index (χ1v) is 10.5. The molecule has 0 bridgehead atoms. The molecule has 0 aliphatic rings. The largest absolute Gasteiger partial charge is 0.281 e. The Kier molecular flexibility index (Phi) is 7.88. The second-order valence-electron chi connectivity index (χ2n) is 5.77. The minimum absolute atomic E-state index is 0.120. The minimum atomic E-state index is 0.120. The highest BCUT2D eigenvalue weighted by Gasteiger charge is 2.10. The highest BCUT2D eigenvalue weighted by molar-refractivity contribution is 8.13. The van der Waals surface area contributed by atoms with Gasteiger partial charge in [0.05, 0.1) is 9.75 Å². The molecule has 0 aliphatic heterocycles. The summed E-state index contributed by atoms with van der Waals surface area (Å²) < 4.78 is 1.94. The molecule has 3 nitrogen and oxygen atoms in total. The summed E-state index contributed by atoms with van der Waals surface area (Å²) >= 11 is 2.75. The molecular formula is C21H24N2OS2. The standard InChI is InChI=1S/C12H14N2OS2.C9H10/c1-3-7-14-8-6-9(13-14)10-4-5-11(17-10)12(15)16-2;1-8(2)9-6-4-3-5-7-9/h4-6,8H,3,7H2,1-2H3;3-7H,1H2,2H3. The van der Waals surface area contributed by atoms with Crippen molar-refractivity contribution < 1.29 is 4.79 Å². The zero-order chi connectivity index (χ0) is 18.9. The van der Waals surface area contributed by atoms with E-state index in [1.807, 2.05) is 54.2 Å². The lowest BCUT2D eigenvalue weighted by atomic mass is 10.1. The lowest BCUT2D eigenvalue weighted by Gasteiger charge is -1.95. The fourth-order valence-electron chi connectivity index (χ4n) is 2.26. The van der Waals surface area contributed by atoms with Gasteiger partial charge >= 0.3 is 0 Å². The van der Waals surface area contributed by atoms with Crippen molar-refractivity contribution in [3.05, 3.63) is 71.7 Å². The van der Waals surface area contributed by atoms with Crippen molar-refractivity contribution in [1.29, 1.82) is 0 Å². The third-order valence-electron chi connectivity index (χ3n) is 3.60. The van der Waals surface area contributed by atoms with Crippen LogP contribution in [0.1, 0.15) is 35.5 Å². The van der Waals surface area contributed by atoms with E-state index < -0.39 is 0 Å². The van der Waals surface area contributed by atoms with E-state index in [0.717, 1.165) is 34.0 Å². The molecule has 0 saturated carbocycles. The van der Waals surface area contributed by atoms with Crippen LogP contribution in [-0.2, 0) is 6.54 Å². The molecule has 2 aromatic heterocycles. The first-order chi connectivity index (χ1) is 12.5. The maximum atomic E-state index is 11.5. The Morgan fingerprint density at radius 1 is 1.19 bits per heavy atom. The number of hydrogen-bond donors (Lipinski definition) is 0. The summed E-state index contributed by atoms with van der Waals surface area (Å²) in [4.78, 5) is 13.4.